The van der Waals surface area contributed by atoms with Gasteiger partial charge in [-0.2, -0.15) is 0 Å². The van der Waals surface area contributed by atoms with Crippen LogP contribution in [0.15, 0.2) is 12.1 Å². The van der Waals surface area contributed by atoms with Gasteiger partial charge in [-0.15, -0.1) is 0 Å². The van der Waals surface area contributed by atoms with E-state index in [-0.39, 0.29) is 0 Å². The third kappa shape index (κ3) is 2.06. The molecule has 1 atom stereocenters. The fraction of sp³-hybridized carbons (Fsp3) is 0.462. The minimum atomic E-state index is 0.347. The van der Waals surface area contributed by atoms with Crippen LogP contribution >= 0.6 is 23.2 Å². The molecule has 18 heavy (non-hydrogen) atoms. The molecule has 1 heterocycles. The van der Waals surface area contributed by atoms with Gasteiger partial charge in [-0.05, 0) is 31.4 Å². The Hall–Kier alpha value is -0.930. The quantitative estimate of drug-likeness (QED) is 0.913. The third-order valence-corrected chi connectivity index (χ3v) is 4.29. The zero-order valence-corrected chi connectivity index (χ0v) is 11.7. The maximum absolute atomic E-state index is 6.08. The molecule has 1 fully saturated rings. The number of nitrogens with zero attached hydrogens (tertiary/aromatic N) is 2. The van der Waals surface area contributed by atoms with Gasteiger partial charge in [0.2, 0.25) is 5.95 Å². The third-order valence-electron chi connectivity index (χ3n) is 3.57. The van der Waals surface area contributed by atoms with Crippen molar-refractivity contribution in [2.75, 3.05) is 5.73 Å². The highest BCUT2D eigenvalue weighted by molar-refractivity contribution is 6.42. The highest BCUT2D eigenvalue weighted by Crippen LogP contribution is 2.39. The predicted molar refractivity (Wildman–Crippen MR) is 76.2 cm³/mol. The molecule has 3 rings (SSSR count). The van der Waals surface area contributed by atoms with Gasteiger partial charge >= 0.3 is 0 Å². The van der Waals surface area contributed by atoms with Gasteiger partial charge in [0, 0.05) is 6.04 Å². The maximum atomic E-state index is 6.08. The lowest BCUT2D eigenvalue weighted by molar-refractivity contribution is 0.492. The van der Waals surface area contributed by atoms with Gasteiger partial charge in [0.15, 0.2) is 0 Å². The van der Waals surface area contributed by atoms with Crippen molar-refractivity contribution in [2.24, 2.45) is 5.92 Å². The van der Waals surface area contributed by atoms with Crippen LogP contribution in [0, 0.1) is 5.92 Å². The van der Waals surface area contributed by atoms with Gasteiger partial charge in [-0.1, -0.05) is 36.0 Å². The average Bonchev–Trinajstić information content (AvgIpc) is 3.03. The van der Waals surface area contributed by atoms with Gasteiger partial charge in [0.05, 0.1) is 21.1 Å². The lowest BCUT2D eigenvalue weighted by Crippen LogP contribution is -2.09. The number of anilines is 1. The minimum Gasteiger partial charge on any atom is -0.369 e. The highest BCUT2D eigenvalue weighted by atomic mass is 35.5. The van der Waals surface area contributed by atoms with Gasteiger partial charge in [-0.3, -0.25) is 0 Å². The normalized spacial score (nSPS) is 17.3. The molecular weight excluding hydrogens is 269 g/mol. The molecule has 1 aromatic heterocycles. The van der Waals surface area contributed by atoms with E-state index in [0.717, 1.165) is 23.4 Å². The molecule has 2 aromatic rings. The number of halogens is 2. The summed E-state index contributed by atoms with van der Waals surface area (Å²) in [6.45, 7) is 2.18. The Morgan fingerprint density at radius 1 is 1.39 bits per heavy atom. The molecule has 0 saturated heterocycles. The molecular formula is C13H15Cl2N3. The van der Waals surface area contributed by atoms with E-state index in [2.05, 4.69) is 16.5 Å². The van der Waals surface area contributed by atoms with E-state index in [1.165, 1.54) is 12.8 Å². The van der Waals surface area contributed by atoms with Crippen LogP contribution in [-0.2, 0) is 0 Å². The van der Waals surface area contributed by atoms with Crippen molar-refractivity contribution in [3.8, 4) is 0 Å². The number of aromatic nitrogens is 2. The van der Waals surface area contributed by atoms with Gasteiger partial charge in [-0.25, -0.2) is 4.98 Å². The van der Waals surface area contributed by atoms with Crippen LogP contribution in [-0.4, -0.2) is 9.55 Å². The number of imidazole rings is 1. The van der Waals surface area contributed by atoms with E-state index < -0.39 is 0 Å². The standard InChI is InChI=1S/C13H15Cl2N3/c1-7(4-8-2-3-8)18-12-6-10(15)9(14)5-11(12)17-13(18)16/h5-8H,2-4H2,1H3,(H2,16,17). The van der Waals surface area contributed by atoms with Crippen molar-refractivity contribution < 1.29 is 0 Å². The van der Waals surface area contributed by atoms with Crippen molar-refractivity contribution >= 4 is 40.2 Å². The summed E-state index contributed by atoms with van der Waals surface area (Å²) in [6.07, 6.45) is 3.82. The average molecular weight is 284 g/mol. The van der Waals surface area contributed by atoms with E-state index in [1.54, 1.807) is 6.07 Å². The molecule has 2 N–H and O–H groups in total. The Labute approximate surface area is 116 Å². The van der Waals surface area contributed by atoms with Gasteiger partial charge in [0.1, 0.15) is 0 Å². The van der Waals surface area contributed by atoms with Gasteiger partial charge in [0.25, 0.3) is 0 Å². The molecule has 0 radical (unpaired) electrons. The number of fused-ring (bicyclic) bond motifs is 1. The number of benzene rings is 1. The first kappa shape index (κ1) is 12.1. The summed E-state index contributed by atoms with van der Waals surface area (Å²) in [6, 6.07) is 3.97. The molecule has 96 valence electrons. The zero-order chi connectivity index (χ0) is 12.9. The Morgan fingerprint density at radius 3 is 2.72 bits per heavy atom. The summed E-state index contributed by atoms with van der Waals surface area (Å²) in [5.41, 5.74) is 7.79. The maximum Gasteiger partial charge on any atom is 0.201 e. The first-order valence-electron chi connectivity index (χ1n) is 6.18. The van der Waals surface area contributed by atoms with E-state index in [0.29, 0.717) is 22.0 Å². The van der Waals surface area contributed by atoms with E-state index in [9.17, 15) is 0 Å². The molecule has 0 aliphatic heterocycles. The van der Waals surface area contributed by atoms with Crippen LogP contribution in [0.25, 0.3) is 11.0 Å². The number of nitrogens with two attached hydrogens (primary N) is 1. The van der Waals surface area contributed by atoms with Crippen molar-refractivity contribution in [1.29, 1.82) is 0 Å². The van der Waals surface area contributed by atoms with Crippen LogP contribution in [0.5, 0.6) is 0 Å². The molecule has 1 aliphatic carbocycles. The van der Waals surface area contributed by atoms with Crippen LogP contribution in [0.2, 0.25) is 10.0 Å². The SMILES string of the molecule is CC(CC1CC1)n1c(N)nc2cc(Cl)c(Cl)cc21. The molecule has 3 nitrogen and oxygen atoms in total. The monoisotopic (exact) mass is 283 g/mol. The molecule has 1 aliphatic rings. The Bertz CT molecular complexity index is 602. The fourth-order valence-corrected chi connectivity index (χ4v) is 2.83. The summed E-state index contributed by atoms with van der Waals surface area (Å²) < 4.78 is 2.07. The first-order chi connectivity index (χ1) is 8.56. The van der Waals surface area contributed by atoms with Crippen molar-refractivity contribution in [2.45, 2.75) is 32.2 Å². The molecule has 0 spiro atoms. The predicted octanol–water partition coefficient (Wildman–Crippen LogP) is 4.29. The molecule has 5 heteroatoms. The smallest absolute Gasteiger partial charge is 0.201 e. The second-order valence-electron chi connectivity index (χ2n) is 5.12. The van der Waals surface area contributed by atoms with Gasteiger partial charge < -0.3 is 10.3 Å². The topological polar surface area (TPSA) is 43.8 Å². The van der Waals surface area contributed by atoms with Crippen molar-refractivity contribution in [3.05, 3.63) is 22.2 Å². The fourth-order valence-electron chi connectivity index (χ4n) is 2.51. The molecule has 0 amide bonds. The number of hydrogen-bond acceptors (Lipinski definition) is 2. The van der Waals surface area contributed by atoms with Crippen molar-refractivity contribution in [1.82, 2.24) is 9.55 Å². The van der Waals surface area contributed by atoms with Crippen LogP contribution < -0.4 is 5.73 Å². The van der Waals surface area contributed by atoms with Crippen LogP contribution in [0.1, 0.15) is 32.2 Å². The van der Waals surface area contributed by atoms with E-state index in [4.69, 9.17) is 28.9 Å². The summed E-state index contributed by atoms with van der Waals surface area (Å²) >= 11 is 12.1. The summed E-state index contributed by atoms with van der Waals surface area (Å²) in [5.74, 6) is 1.39. The Kier molecular flexibility index (Phi) is 2.91. The molecule has 1 aromatic carbocycles. The summed E-state index contributed by atoms with van der Waals surface area (Å²) in [4.78, 5) is 4.36. The van der Waals surface area contributed by atoms with Crippen molar-refractivity contribution in [3.63, 3.8) is 0 Å². The Morgan fingerprint density at radius 2 is 2.06 bits per heavy atom. The minimum absolute atomic E-state index is 0.347. The number of nitrogen functional groups attached to an aromatic ring is 1. The zero-order valence-electron chi connectivity index (χ0n) is 10.2. The lowest BCUT2D eigenvalue weighted by atomic mass is 10.1. The first-order valence-corrected chi connectivity index (χ1v) is 6.94. The second-order valence-corrected chi connectivity index (χ2v) is 5.94. The van der Waals surface area contributed by atoms with Crippen LogP contribution in [0.4, 0.5) is 5.95 Å². The second kappa shape index (κ2) is 4.32. The number of hydrogen-bond donors (Lipinski definition) is 1. The van der Waals surface area contributed by atoms with E-state index >= 15 is 0 Å². The molecule has 1 saturated carbocycles. The molecule has 0 bridgehead atoms. The molecule has 1 unspecified atom stereocenters. The Balaban J connectivity index is 2.08. The van der Waals surface area contributed by atoms with E-state index in [1.807, 2.05) is 6.07 Å². The summed E-state index contributed by atoms with van der Waals surface area (Å²) in [7, 11) is 0. The highest BCUT2D eigenvalue weighted by Gasteiger charge is 2.26. The lowest BCUT2D eigenvalue weighted by Gasteiger charge is -2.15. The van der Waals surface area contributed by atoms with Crippen LogP contribution in [0.3, 0.4) is 0 Å². The number of rotatable bonds is 3. The summed E-state index contributed by atoms with van der Waals surface area (Å²) in [5, 5.41) is 1.06. The largest absolute Gasteiger partial charge is 0.369 e.